The third kappa shape index (κ3) is 5.75. The van der Waals surface area contributed by atoms with Crippen molar-refractivity contribution in [1.82, 2.24) is 5.32 Å². The van der Waals surface area contributed by atoms with Crippen LogP contribution in [0.3, 0.4) is 0 Å². The summed E-state index contributed by atoms with van der Waals surface area (Å²) in [6, 6.07) is 10.2. The van der Waals surface area contributed by atoms with Crippen LogP contribution in [0.15, 0.2) is 35.3 Å². The fraction of sp³-hybridized carbons (Fsp3) is 0.533. The number of nitrogens with two attached hydrogens (primary N) is 1. The molecule has 0 atom stereocenters. The van der Waals surface area contributed by atoms with E-state index in [1.165, 1.54) is 5.56 Å². The van der Waals surface area contributed by atoms with E-state index in [0.717, 1.165) is 13.0 Å². The van der Waals surface area contributed by atoms with Crippen LogP contribution in [0.1, 0.15) is 32.3 Å². The van der Waals surface area contributed by atoms with Crippen LogP contribution < -0.4 is 11.1 Å². The van der Waals surface area contributed by atoms with Gasteiger partial charge in [0.2, 0.25) is 0 Å². The average Bonchev–Trinajstić information content (AvgIpc) is 2.46. The molecule has 4 heteroatoms. The van der Waals surface area contributed by atoms with Gasteiger partial charge in [-0.1, -0.05) is 44.2 Å². The fourth-order valence-corrected chi connectivity index (χ4v) is 1.74. The van der Waals surface area contributed by atoms with E-state index >= 15 is 0 Å². The smallest absolute Gasteiger partial charge is 0.188 e. The van der Waals surface area contributed by atoms with Crippen LogP contribution in [-0.2, 0) is 6.42 Å². The molecule has 1 aromatic carbocycles. The summed E-state index contributed by atoms with van der Waals surface area (Å²) in [7, 11) is 0. The number of guanidine groups is 1. The topological polar surface area (TPSA) is 70.6 Å². The molecule has 4 nitrogen and oxygen atoms in total. The maximum Gasteiger partial charge on any atom is 0.188 e. The number of hydrogen-bond donors (Lipinski definition) is 3. The van der Waals surface area contributed by atoms with Gasteiger partial charge in [-0.05, 0) is 24.8 Å². The predicted octanol–water partition coefficient (Wildman–Crippen LogP) is 1.68. The van der Waals surface area contributed by atoms with Crippen LogP contribution in [0.2, 0.25) is 0 Å². The minimum Gasteiger partial charge on any atom is -0.388 e. The van der Waals surface area contributed by atoms with Gasteiger partial charge in [0.05, 0.1) is 12.1 Å². The van der Waals surface area contributed by atoms with Gasteiger partial charge in [0, 0.05) is 6.54 Å². The maximum absolute atomic E-state index is 10.1. The number of nitrogens with one attached hydrogen (secondary N) is 1. The highest BCUT2D eigenvalue weighted by Gasteiger charge is 2.21. The molecule has 0 amide bonds. The molecule has 0 aliphatic heterocycles. The molecule has 1 rings (SSSR count). The number of hydrogen-bond acceptors (Lipinski definition) is 2. The summed E-state index contributed by atoms with van der Waals surface area (Å²) in [4.78, 5) is 4.20. The van der Waals surface area contributed by atoms with Crippen molar-refractivity contribution in [3.63, 3.8) is 0 Å². The van der Waals surface area contributed by atoms with Gasteiger partial charge < -0.3 is 16.2 Å². The van der Waals surface area contributed by atoms with E-state index in [0.29, 0.717) is 25.3 Å². The van der Waals surface area contributed by atoms with Gasteiger partial charge in [-0.15, -0.1) is 0 Å². The highest BCUT2D eigenvalue weighted by Crippen LogP contribution is 2.14. The van der Waals surface area contributed by atoms with Crippen molar-refractivity contribution in [3.8, 4) is 0 Å². The summed E-state index contributed by atoms with van der Waals surface area (Å²) in [6.07, 6.45) is 2.28. The largest absolute Gasteiger partial charge is 0.388 e. The standard InChI is InChI=1S/C15H25N3O/c1-3-15(19,4-2)12-18-14(16)17-11-10-13-8-6-5-7-9-13/h5-9,19H,3-4,10-12H2,1-2H3,(H3,16,17,18). The van der Waals surface area contributed by atoms with E-state index in [2.05, 4.69) is 22.4 Å². The molecule has 0 fully saturated rings. The zero-order valence-corrected chi connectivity index (χ0v) is 11.9. The zero-order chi connectivity index (χ0) is 14.1. The number of nitrogens with zero attached hydrogens (tertiary/aromatic N) is 1. The van der Waals surface area contributed by atoms with E-state index in [4.69, 9.17) is 5.73 Å². The molecule has 0 aliphatic rings. The van der Waals surface area contributed by atoms with E-state index in [9.17, 15) is 5.11 Å². The van der Waals surface area contributed by atoms with Crippen molar-refractivity contribution >= 4 is 5.96 Å². The minimum absolute atomic E-state index is 0.351. The summed E-state index contributed by atoms with van der Waals surface area (Å²) in [5.41, 5.74) is 6.32. The van der Waals surface area contributed by atoms with E-state index < -0.39 is 5.60 Å². The highest BCUT2D eigenvalue weighted by molar-refractivity contribution is 5.77. The Morgan fingerprint density at radius 2 is 1.89 bits per heavy atom. The van der Waals surface area contributed by atoms with E-state index in [1.54, 1.807) is 0 Å². The lowest BCUT2D eigenvalue weighted by Gasteiger charge is -2.22. The Hall–Kier alpha value is -1.55. The number of rotatable bonds is 7. The molecular weight excluding hydrogens is 238 g/mol. The van der Waals surface area contributed by atoms with Gasteiger partial charge in [0.1, 0.15) is 0 Å². The third-order valence-corrected chi connectivity index (χ3v) is 3.42. The Labute approximate surface area is 115 Å². The zero-order valence-electron chi connectivity index (χ0n) is 11.9. The fourth-order valence-electron chi connectivity index (χ4n) is 1.74. The second-order valence-electron chi connectivity index (χ2n) is 4.80. The first-order valence-electron chi connectivity index (χ1n) is 6.89. The molecule has 106 valence electrons. The first kappa shape index (κ1) is 15.5. The van der Waals surface area contributed by atoms with Crippen LogP contribution in [-0.4, -0.2) is 29.8 Å². The lowest BCUT2D eigenvalue weighted by atomic mass is 9.98. The molecule has 0 saturated heterocycles. The summed E-state index contributed by atoms with van der Waals surface area (Å²) < 4.78 is 0. The minimum atomic E-state index is -0.730. The van der Waals surface area contributed by atoms with Crippen molar-refractivity contribution in [1.29, 1.82) is 0 Å². The monoisotopic (exact) mass is 263 g/mol. The van der Waals surface area contributed by atoms with Gasteiger partial charge in [-0.3, -0.25) is 4.99 Å². The Kier molecular flexibility index (Phi) is 6.36. The second kappa shape index (κ2) is 7.79. The van der Waals surface area contributed by atoms with Gasteiger partial charge in [-0.25, -0.2) is 0 Å². The molecule has 0 spiro atoms. The van der Waals surface area contributed by atoms with E-state index in [-0.39, 0.29) is 0 Å². The molecule has 0 heterocycles. The molecule has 0 aromatic heterocycles. The molecule has 19 heavy (non-hydrogen) atoms. The number of aliphatic hydroxyl groups is 1. The van der Waals surface area contributed by atoms with Crippen LogP contribution in [0.4, 0.5) is 0 Å². The van der Waals surface area contributed by atoms with Gasteiger partial charge in [-0.2, -0.15) is 0 Å². The number of benzene rings is 1. The van der Waals surface area contributed by atoms with Crippen molar-refractivity contribution < 1.29 is 5.11 Å². The van der Waals surface area contributed by atoms with Gasteiger partial charge >= 0.3 is 0 Å². The molecule has 0 bridgehead atoms. The second-order valence-corrected chi connectivity index (χ2v) is 4.80. The first-order valence-corrected chi connectivity index (χ1v) is 6.89. The lowest BCUT2D eigenvalue weighted by Crippen LogP contribution is -2.37. The van der Waals surface area contributed by atoms with Crippen LogP contribution >= 0.6 is 0 Å². The Balaban J connectivity index is 2.33. The van der Waals surface area contributed by atoms with Crippen LogP contribution in [0, 0.1) is 0 Å². The lowest BCUT2D eigenvalue weighted by molar-refractivity contribution is 0.0418. The molecule has 1 aromatic rings. The molecule has 0 aliphatic carbocycles. The van der Waals surface area contributed by atoms with Crippen LogP contribution in [0.5, 0.6) is 0 Å². The van der Waals surface area contributed by atoms with Gasteiger partial charge in [0.25, 0.3) is 0 Å². The number of aliphatic imine (C=N–C) groups is 1. The van der Waals surface area contributed by atoms with Crippen LogP contribution in [0.25, 0.3) is 0 Å². The Morgan fingerprint density at radius 3 is 2.47 bits per heavy atom. The molecule has 0 unspecified atom stereocenters. The molecule has 4 N–H and O–H groups in total. The normalized spacial score (nSPS) is 12.5. The third-order valence-electron chi connectivity index (χ3n) is 3.42. The quantitative estimate of drug-likeness (QED) is 0.518. The van der Waals surface area contributed by atoms with Crippen molar-refractivity contribution in [2.75, 3.05) is 13.1 Å². The summed E-state index contributed by atoms with van der Waals surface area (Å²) in [6.45, 7) is 5.01. The van der Waals surface area contributed by atoms with E-state index in [1.807, 2.05) is 32.0 Å². The van der Waals surface area contributed by atoms with Crippen molar-refractivity contribution in [2.45, 2.75) is 38.7 Å². The maximum atomic E-state index is 10.1. The van der Waals surface area contributed by atoms with Gasteiger partial charge in [0.15, 0.2) is 5.96 Å². The molecular formula is C15H25N3O. The average molecular weight is 263 g/mol. The summed E-state index contributed by atoms with van der Waals surface area (Å²) in [5, 5.41) is 13.2. The van der Waals surface area contributed by atoms with Crippen molar-refractivity contribution in [3.05, 3.63) is 35.9 Å². The summed E-state index contributed by atoms with van der Waals surface area (Å²) >= 11 is 0. The van der Waals surface area contributed by atoms with Crippen molar-refractivity contribution in [2.24, 2.45) is 10.7 Å². The Morgan fingerprint density at radius 1 is 1.26 bits per heavy atom. The molecule has 0 saturated carbocycles. The molecule has 0 radical (unpaired) electrons. The highest BCUT2D eigenvalue weighted by atomic mass is 16.3. The first-order chi connectivity index (χ1) is 9.09. The Bertz CT molecular complexity index is 386. The predicted molar refractivity (Wildman–Crippen MR) is 80.2 cm³/mol. The SMILES string of the molecule is CCC(O)(CC)CN=C(N)NCCc1ccccc1. The summed E-state index contributed by atoms with van der Waals surface area (Å²) in [5.74, 6) is 0.399.